The van der Waals surface area contributed by atoms with Gasteiger partial charge in [-0.25, -0.2) is 4.39 Å². The van der Waals surface area contributed by atoms with Crippen molar-refractivity contribution in [1.29, 1.82) is 0 Å². The van der Waals surface area contributed by atoms with Gasteiger partial charge in [-0.3, -0.25) is 19.1 Å². The minimum absolute atomic E-state index is 0.0474. The van der Waals surface area contributed by atoms with Crippen LogP contribution in [0.25, 0.3) is 0 Å². The van der Waals surface area contributed by atoms with Crippen LogP contribution in [-0.4, -0.2) is 58.2 Å². The second kappa shape index (κ2) is 8.25. The van der Waals surface area contributed by atoms with Crippen LogP contribution in [0.1, 0.15) is 30.8 Å². The number of amides is 3. The van der Waals surface area contributed by atoms with Gasteiger partial charge in [0.25, 0.3) is 5.91 Å². The fraction of sp³-hybridized carbons (Fsp3) is 0.571. The lowest BCUT2D eigenvalue weighted by molar-refractivity contribution is -0.137. The highest BCUT2D eigenvalue weighted by Gasteiger charge is 2.23. The average molecular weight is 327 g/mol. The Morgan fingerprint density at radius 3 is 2.65 bits per heavy atom. The number of aromatic nitrogens is 2. The highest BCUT2D eigenvalue weighted by molar-refractivity contribution is 5.95. The van der Waals surface area contributed by atoms with Crippen LogP contribution in [0.5, 0.6) is 0 Å². The molecule has 0 bridgehead atoms. The lowest BCUT2D eigenvalue weighted by Gasteiger charge is -2.24. The first-order valence-corrected chi connectivity index (χ1v) is 7.27. The maximum Gasteiger partial charge on any atom is 0.272 e. The van der Waals surface area contributed by atoms with E-state index in [0.717, 1.165) is 0 Å². The van der Waals surface area contributed by atoms with E-state index in [0.29, 0.717) is 6.42 Å². The number of nitrogens with one attached hydrogen (secondary N) is 1. The van der Waals surface area contributed by atoms with E-state index in [1.165, 1.54) is 35.8 Å². The lowest BCUT2D eigenvalue weighted by Crippen LogP contribution is -2.48. The van der Waals surface area contributed by atoms with Crippen molar-refractivity contribution in [1.82, 2.24) is 20.0 Å². The Balaban J connectivity index is 2.56. The fourth-order valence-electron chi connectivity index (χ4n) is 2.05. The Bertz CT molecular complexity index is 573. The molecular formula is C14H22FN5O3. The zero-order valence-electron chi connectivity index (χ0n) is 13.5. The van der Waals surface area contributed by atoms with Crippen molar-refractivity contribution >= 4 is 17.7 Å². The molecule has 2 unspecified atom stereocenters. The number of primary amides is 1. The van der Waals surface area contributed by atoms with Crippen molar-refractivity contribution in [2.75, 3.05) is 13.6 Å². The van der Waals surface area contributed by atoms with Gasteiger partial charge >= 0.3 is 0 Å². The molecule has 0 spiro atoms. The van der Waals surface area contributed by atoms with E-state index in [-0.39, 0.29) is 18.8 Å². The minimum Gasteiger partial charge on any atom is -0.368 e. The van der Waals surface area contributed by atoms with Gasteiger partial charge in [-0.1, -0.05) is 6.92 Å². The summed E-state index contributed by atoms with van der Waals surface area (Å²) in [5.41, 5.74) is 5.30. The SMILES string of the molecule is CCC(C(N)=O)N(C)C(=O)CNC(=O)c1ccn(CC(C)F)n1. The number of halogens is 1. The van der Waals surface area contributed by atoms with E-state index in [1.807, 2.05) is 0 Å². The normalized spacial score (nSPS) is 13.2. The minimum atomic E-state index is -1.08. The Hall–Kier alpha value is -2.45. The van der Waals surface area contributed by atoms with E-state index in [1.54, 1.807) is 6.92 Å². The lowest BCUT2D eigenvalue weighted by atomic mass is 10.2. The molecule has 0 aliphatic rings. The highest BCUT2D eigenvalue weighted by Crippen LogP contribution is 2.02. The molecule has 1 heterocycles. The van der Waals surface area contributed by atoms with Crippen LogP contribution in [0.15, 0.2) is 12.3 Å². The standard InChI is InChI=1S/C14H22FN5O3/c1-4-11(13(16)22)19(3)12(21)7-17-14(23)10-5-6-20(18-10)8-9(2)15/h5-6,9,11H,4,7-8H2,1-3H3,(H2,16,22)(H,17,23). The smallest absolute Gasteiger partial charge is 0.272 e. The maximum atomic E-state index is 12.9. The second-order valence-corrected chi connectivity index (χ2v) is 5.22. The van der Waals surface area contributed by atoms with E-state index in [2.05, 4.69) is 10.4 Å². The summed E-state index contributed by atoms with van der Waals surface area (Å²) in [5.74, 6) is -1.60. The van der Waals surface area contributed by atoms with Crippen LogP contribution >= 0.6 is 0 Å². The first kappa shape index (κ1) is 18.6. The average Bonchev–Trinajstić information content (AvgIpc) is 2.92. The molecule has 0 saturated carbocycles. The van der Waals surface area contributed by atoms with Gasteiger partial charge in [0, 0.05) is 13.2 Å². The number of likely N-dealkylation sites (N-methyl/N-ethyl adjacent to an activating group) is 1. The number of carbonyl (C=O) groups is 3. The molecule has 1 aromatic rings. The third-order valence-corrected chi connectivity index (χ3v) is 3.29. The molecule has 0 radical (unpaired) electrons. The first-order valence-electron chi connectivity index (χ1n) is 7.27. The molecule has 1 aromatic heterocycles. The largest absolute Gasteiger partial charge is 0.368 e. The van der Waals surface area contributed by atoms with Crippen molar-refractivity contribution in [2.45, 2.75) is 39.0 Å². The number of alkyl halides is 1. The molecule has 3 N–H and O–H groups in total. The summed E-state index contributed by atoms with van der Waals surface area (Å²) in [5, 5.41) is 6.33. The second-order valence-electron chi connectivity index (χ2n) is 5.22. The molecule has 8 nitrogen and oxygen atoms in total. The van der Waals surface area contributed by atoms with E-state index >= 15 is 0 Å². The van der Waals surface area contributed by atoms with Gasteiger partial charge < -0.3 is 16.0 Å². The van der Waals surface area contributed by atoms with Crippen LogP contribution in [0, 0.1) is 0 Å². The number of hydrogen-bond acceptors (Lipinski definition) is 4. The molecule has 0 aliphatic carbocycles. The van der Waals surface area contributed by atoms with Crippen molar-refractivity contribution < 1.29 is 18.8 Å². The summed E-state index contributed by atoms with van der Waals surface area (Å²) >= 11 is 0. The predicted octanol–water partition coefficient (Wildman–Crippen LogP) is -0.307. The van der Waals surface area contributed by atoms with Gasteiger partial charge in [0.05, 0.1) is 13.1 Å². The van der Waals surface area contributed by atoms with E-state index in [9.17, 15) is 18.8 Å². The Morgan fingerprint density at radius 1 is 1.48 bits per heavy atom. The number of nitrogens with zero attached hydrogens (tertiary/aromatic N) is 3. The fourth-order valence-corrected chi connectivity index (χ4v) is 2.05. The highest BCUT2D eigenvalue weighted by atomic mass is 19.1. The quantitative estimate of drug-likeness (QED) is 0.682. The molecule has 0 aromatic carbocycles. The van der Waals surface area contributed by atoms with Gasteiger partial charge in [-0.15, -0.1) is 0 Å². The summed E-state index contributed by atoms with van der Waals surface area (Å²) in [6, 6.07) is 0.717. The topological polar surface area (TPSA) is 110 Å². The third kappa shape index (κ3) is 5.35. The molecule has 2 atom stereocenters. The summed E-state index contributed by atoms with van der Waals surface area (Å²) in [6.45, 7) is 2.88. The van der Waals surface area contributed by atoms with Crippen LogP contribution in [0.4, 0.5) is 4.39 Å². The predicted molar refractivity (Wildman–Crippen MR) is 81.2 cm³/mol. The van der Waals surface area contributed by atoms with Crippen molar-refractivity contribution in [2.24, 2.45) is 5.73 Å². The summed E-state index contributed by atoms with van der Waals surface area (Å²) in [6.07, 6.45) is 0.789. The van der Waals surface area contributed by atoms with Gasteiger partial charge in [0.15, 0.2) is 0 Å². The van der Waals surface area contributed by atoms with Crippen molar-refractivity contribution in [3.05, 3.63) is 18.0 Å². The molecule has 23 heavy (non-hydrogen) atoms. The Kier molecular flexibility index (Phi) is 6.67. The molecular weight excluding hydrogens is 305 g/mol. The molecule has 128 valence electrons. The Labute approximate surface area is 133 Å². The van der Waals surface area contributed by atoms with E-state index in [4.69, 9.17) is 5.73 Å². The molecule has 9 heteroatoms. The monoisotopic (exact) mass is 327 g/mol. The van der Waals surface area contributed by atoms with Gasteiger partial charge in [-0.05, 0) is 19.4 Å². The van der Waals surface area contributed by atoms with Crippen molar-refractivity contribution in [3.8, 4) is 0 Å². The summed E-state index contributed by atoms with van der Waals surface area (Å²) in [7, 11) is 1.45. The number of nitrogens with two attached hydrogens (primary N) is 1. The zero-order valence-corrected chi connectivity index (χ0v) is 13.5. The third-order valence-electron chi connectivity index (χ3n) is 3.29. The number of carbonyl (C=O) groups excluding carboxylic acids is 3. The van der Waals surface area contributed by atoms with Crippen molar-refractivity contribution in [3.63, 3.8) is 0 Å². The van der Waals surface area contributed by atoms with E-state index < -0.39 is 29.9 Å². The van der Waals surface area contributed by atoms with Gasteiger partial charge in [0.1, 0.15) is 17.9 Å². The Morgan fingerprint density at radius 2 is 2.13 bits per heavy atom. The van der Waals surface area contributed by atoms with Crippen LogP contribution in [0.3, 0.4) is 0 Å². The zero-order chi connectivity index (χ0) is 17.6. The molecule has 0 aliphatic heterocycles. The number of rotatable bonds is 8. The molecule has 0 saturated heterocycles. The molecule has 3 amide bonds. The van der Waals surface area contributed by atoms with Crippen LogP contribution in [0.2, 0.25) is 0 Å². The first-order chi connectivity index (χ1) is 10.8. The van der Waals surface area contributed by atoms with Crippen LogP contribution in [-0.2, 0) is 16.1 Å². The number of hydrogen-bond donors (Lipinski definition) is 2. The van der Waals surface area contributed by atoms with Gasteiger partial charge in [-0.2, -0.15) is 5.10 Å². The van der Waals surface area contributed by atoms with Crippen LogP contribution < -0.4 is 11.1 Å². The maximum absolute atomic E-state index is 12.9. The van der Waals surface area contributed by atoms with Gasteiger partial charge in [0.2, 0.25) is 11.8 Å². The molecule has 0 fully saturated rings. The summed E-state index contributed by atoms with van der Waals surface area (Å²) in [4.78, 5) is 36.3. The molecule has 1 rings (SSSR count). The summed E-state index contributed by atoms with van der Waals surface area (Å²) < 4.78 is 14.2.